The Morgan fingerprint density at radius 3 is 2.78 bits per heavy atom. The number of hydrogen-bond donors (Lipinski definition) is 0. The number of hydrogen-bond acceptors (Lipinski definition) is 4. The molecule has 0 aromatic heterocycles. The standard InChI is InChI=1S/C17H25NO4S/c1-3-4-11-23(20,21)18-10-9-14(13-18)12-15-7-5-6-8-16(15)17(19)22-2/h5-8,14H,3-4,9-13H2,1-2H3. The molecule has 1 heterocycles. The van der Waals surface area contributed by atoms with Gasteiger partial charge in [-0.3, -0.25) is 0 Å². The third-order valence-electron chi connectivity index (χ3n) is 4.33. The SMILES string of the molecule is CCCCS(=O)(=O)N1CCC(Cc2ccccc2C(=O)OC)C1. The van der Waals surface area contributed by atoms with E-state index in [9.17, 15) is 13.2 Å². The van der Waals surface area contributed by atoms with Gasteiger partial charge in [0, 0.05) is 13.1 Å². The zero-order valence-electron chi connectivity index (χ0n) is 13.8. The Kier molecular flexibility index (Phi) is 6.18. The minimum absolute atomic E-state index is 0.231. The lowest BCUT2D eigenvalue weighted by atomic mass is 9.95. The van der Waals surface area contributed by atoms with Gasteiger partial charge in [0.2, 0.25) is 10.0 Å². The molecule has 1 aromatic carbocycles. The summed E-state index contributed by atoms with van der Waals surface area (Å²) in [5.74, 6) is 0.137. The zero-order chi connectivity index (χ0) is 16.9. The largest absolute Gasteiger partial charge is 0.465 e. The van der Waals surface area contributed by atoms with E-state index in [1.165, 1.54) is 7.11 Å². The van der Waals surface area contributed by atoms with Gasteiger partial charge in [-0.05, 0) is 36.8 Å². The van der Waals surface area contributed by atoms with Crippen LogP contribution in [0, 0.1) is 5.92 Å². The van der Waals surface area contributed by atoms with E-state index in [-0.39, 0.29) is 17.6 Å². The van der Waals surface area contributed by atoms with E-state index < -0.39 is 10.0 Å². The van der Waals surface area contributed by atoms with Crippen LogP contribution in [0.1, 0.15) is 42.1 Å². The second-order valence-corrected chi connectivity index (χ2v) is 8.12. The summed E-state index contributed by atoms with van der Waals surface area (Å²) in [6.45, 7) is 3.12. The van der Waals surface area contributed by atoms with Gasteiger partial charge >= 0.3 is 5.97 Å². The van der Waals surface area contributed by atoms with Crippen molar-refractivity contribution in [2.24, 2.45) is 5.92 Å². The van der Waals surface area contributed by atoms with E-state index in [0.29, 0.717) is 31.5 Å². The summed E-state index contributed by atoms with van der Waals surface area (Å²) in [5, 5.41) is 0. The Balaban J connectivity index is 2.03. The fraction of sp³-hybridized carbons (Fsp3) is 0.588. The Labute approximate surface area is 138 Å². The molecule has 0 saturated carbocycles. The van der Waals surface area contributed by atoms with Crippen molar-refractivity contribution >= 4 is 16.0 Å². The molecule has 5 nitrogen and oxygen atoms in total. The van der Waals surface area contributed by atoms with E-state index in [4.69, 9.17) is 4.74 Å². The Bertz CT molecular complexity index is 642. The maximum absolute atomic E-state index is 12.3. The Hall–Kier alpha value is -1.40. The third kappa shape index (κ3) is 4.54. The van der Waals surface area contributed by atoms with Crippen LogP contribution in [0.5, 0.6) is 0 Å². The molecule has 1 aromatic rings. The van der Waals surface area contributed by atoms with Crippen LogP contribution in [0.2, 0.25) is 0 Å². The first-order valence-electron chi connectivity index (χ1n) is 8.12. The maximum Gasteiger partial charge on any atom is 0.338 e. The van der Waals surface area contributed by atoms with Gasteiger partial charge in [0.1, 0.15) is 0 Å². The first kappa shape index (κ1) is 17.9. The normalized spacial score (nSPS) is 19.0. The van der Waals surface area contributed by atoms with Crippen LogP contribution in [0.25, 0.3) is 0 Å². The van der Waals surface area contributed by atoms with E-state index in [0.717, 1.165) is 18.4 Å². The van der Waals surface area contributed by atoms with Crippen LogP contribution in [0.3, 0.4) is 0 Å². The number of benzene rings is 1. The predicted molar refractivity (Wildman–Crippen MR) is 89.9 cm³/mol. The fourth-order valence-electron chi connectivity index (χ4n) is 2.99. The van der Waals surface area contributed by atoms with E-state index in [1.807, 2.05) is 25.1 Å². The first-order chi connectivity index (χ1) is 11.0. The maximum atomic E-state index is 12.3. The quantitative estimate of drug-likeness (QED) is 0.716. The summed E-state index contributed by atoms with van der Waals surface area (Å²) in [6, 6.07) is 7.38. The summed E-state index contributed by atoms with van der Waals surface area (Å²) in [4.78, 5) is 11.8. The molecule has 6 heteroatoms. The van der Waals surface area contributed by atoms with Crippen LogP contribution in [0.15, 0.2) is 24.3 Å². The second-order valence-electron chi connectivity index (χ2n) is 6.04. The summed E-state index contributed by atoms with van der Waals surface area (Å²) < 4.78 is 30.9. The number of carbonyl (C=O) groups excluding carboxylic acids is 1. The lowest BCUT2D eigenvalue weighted by molar-refractivity contribution is 0.0599. The molecule has 1 fully saturated rings. The average Bonchev–Trinajstić information content (AvgIpc) is 3.02. The minimum Gasteiger partial charge on any atom is -0.465 e. The molecular formula is C17H25NO4S. The molecule has 1 atom stereocenters. The number of sulfonamides is 1. The van der Waals surface area contributed by atoms with Crippen molar-refractivity contribution in [1.29, 1.82) is 0 Å². The van der Waals surface area contributed by atoms with Crippen molar-refractivity contribution in [3.63, 3.8) is 0 Å². The van der Waals surface area contributed by atoms with Gasteiger partial charge in [0.25, 0.3) is 0 Å². The highest BCUT2D eigenvalue weighted by Gasteiger charge is 2.31. The minimum atomic E-state index is -3.14. The molecule has 1 unspecified atom stereocenters. The number of methoxy groups -OCH3 is 1. The highest BCUT2D eigenvalue weighted by atomic mass is 32.2. The molecule has 128 valence electrons. The van der Waals surface area contributed by atoms with Gasteiger partial charge in [-0.15, -0.1) is 0 Å². The molecule has 23 heavy (non-hydrogen) atoms. The highest BCUT2D eigenvalue weighted by molar-refractivity contribution is 7.89. The van der Waals surface area contributed by atoms with Crippen LogP contribution in [-0.4, -0.2) is 44.6 Å². The fourth-order valence-corrected chi connectivity index (χ4v) is 4.72. The first-order valence-corrected chi connectivity index (χ1v) is 9.73. The number of unbranched alkanes of at least 4 members (excludes halogenated alkanes) is 1. The van der Waals surface area contributed by atoms with Gasteiger partial charge in [0.15, 0.2) is 0 Å². The Morgan fingerprint density at radius 1 is 1.35 bits per heavy atom. The smallest absolute Gasteiger partial charge is 0.338 e. The zero-order valence-corrected chi connectivity index (χ0v) is 14.6. The molecule has 2 rings (SSSR count). The van der Waals surface area contributed by atoms with Crippen molar-refractivity contribution in [2.45, 2.75) is 32.6 Å². The number of ether oxygens (including phenoxy) is 1. The lowest BCUT2D eigenvalue weighted by Gasteiger charge is -2.17. The number of carbonyl (C=O) groups is 1. The summed E-state index contributed by atoms with van der Waals surface area (Å²) in [7, 11) is -1.77. The summed E-state index contributed by atoms with van der Waals surface area (Å²) in [5.41, 5.74) is 1.50. The van der Waals surface area contributed by atoms with Crippen molar-refractivity contribution in [2.75, 3.05) is 26.0 Å². The summed E-state index contributed by atoms with van der Waals surface area (Å²) in [6.07, 6.45) is 3.11. The molecule has 0 aliphatic carbocycles. The van der Waals surface area contributed by atoms with Gasteiger partial charge in [0.05, 0.1) is 18.4 Å². The molecule has 1 aliphatic rings. The van der Waals surface area contributed by atoms with Crippen LogP contribution >= 0.6 is 0 Å². The molecule has 0 radical (unpaired) electrons. The van der Waals surface area contributed by atoms with E-state index in [2.05, 4.69) is 0 Å². The van der Waals surface area contributed by atoms with Crippen molar-refractivity contribution in [1.82, 2.24) is 4.31 Å². The number of nitrogens with zero attached hydrogens (tertiary/aromatic N) is 1. The predicted octanol–water partition coefficient (Wildman–Crippen LogP) is 2.47. The van der Waals surface area contributed by atoms with Crippen LogP contribution < -0.4 is 0 Å². The van der Waals surface area contributed by atoms with E-state index >= 15 is 0 Å². The van der Waals surface area contributed by atoms with Crippen molar-refractivity contribution in [3.8, 4) is 0 Å². The van der Waals surface area contributed by atoms with Crippen molar-refractivity contribution < 1.29 is 17.9 Å². The van der Waals surface area contributed by atoms with E-state index in [1.54, 1.807) is 10.4 Å². The molecular weight excluding hydrogens is 314 g/mol. The van der Waals surface area contributed by atoms with Crippen LogP contribution in [0.4, 0.5) is 0 Å². The molecule has 0 amide bonds. The van der Waals surface area contributed by atoms with Crippen LogP contribution in [-0.2, 0) is 21.2 Å². The molecule has 0 bridgehead atoms. The van der Waals surface area contributed by atoms with Gasteiger partial charge < -0.3 is 4.74 Å². The topological polar surface area (TPSA) is 63.7 Å². The number of esters is 1. The summed E-state index contributed by atoms with van der Waals surface area (Å²) >= 11 is 0. The molecule has 0 N–H and O–H groups in total. The third-order valence-corrected chi connectivity index (χ3v) is 6.25. The highest BCUT2D eigenvalue weighted by Crippen LogP contribution is 2.25. The molecule has 1 aliphatic heterocycles. The molecule has 0 spiro atoms. The Morgan fingerprint density at radius 2 is 2.09 bits per heavy atom. The van der Waals surface area contributed by atoms with Gasteiger partial charge in [-0.1, -0.05) is 31.5 Å². The van der Waals surface area contributed by atoms with Gasteiger partial charge in [-0.25, -0.2) is 17.5 Å². The molecule has 1 saturated heterocycles. The lowest BCUT2D eigenvalue weighted by Crippen LogP contribution is -2.31. The van der Waals surface area contributed by atoms with Gasteiger partial charge in [-0.2, -0.15) is 0 Å². The average molecular weight is 339 g/mol. The van der Waals surface area contributed by atoms with Crippen molar-refractivity contribution in [3.05, 3.63) is 35.4 Å². The number of rotatable bonds is 7. The monoisotopic (exact) mass is 339 g/mol. The second kappa shape index (κ2) is 7.93.